The van der Waals surface area contributed by atoms with Gasteiger partial charge >= 0.3 is 5.97 Å². The quantitative estimate of drug-likeness (QED) is 0.132. The number of nitrogens with two attached hydrogens (primary N) is 2. The van der Waals surface area contributed by atoms with E-state index in [1.165, 1.54) is 12.1 Å². The second kappa shape index (κ2) is 14.6. The molecule has 0 fully saturated rings. The molecule has 13 nitrogen and oxygen atoms in total. The van der Waals surface area contributed by atoms with Crippen molar-refractivity contribution in [3.63, 3.8) is 0 Å². The highest BCUT2D eigenvalue weighted by atomic mass is 16.4. The highest BCUT2D eigenvalue weighted by Crippen LogP contribution is 2.11. The van der Waals surface area contributed by atoms with Crippen LogP contribution in [0.3, 0.4) is 0 Å². The number of aromatic hydroxyl groups is 1. The van der Waals surface area contributed by atoms with Gasteiger partial charge in [0.1, 0.15) is 23.9 Å². The first-order chi connectivity index (χ1) is 16.9. The molecule has 5 unspecified atom stereocenters. The summed E-state index contributed by atoms with van der Waals surface area (Å²) in [6, 6.07) is 0.854. The van der Waals surface area contributed by atoms with Crippen LogP contribution < -0.4 is 27.4 Å². The van der Waals surface area contributed by atoms with Crippen LogP contribution in [0.25, 0.3) is 0 Å². The number of benzene rings is 1. The van der Waals surface area contributed by atoms with Crippen LogP contribution in [0, 0.1) is 5.92 Å². The van der Waals surface area contributed by atoms with Crippen molar-refractivity contribution in [1.82, 2.24) is 16.0 Å². The third kappa shape index (κ3) is 9.88. The van der Waals surface area contributed by atoms with Crippen LogP contribution in [-0.4, -0.2) is 75.7 Å². The molecule has 0 aliphatic carbocycles. The Bertz CT molecular complexity index is 924. The molecule has 0 saturated heterocycles. The van der Waals surface area contributed by atoms with Gasteiger partial charge in [-0.25, -0.2) is 4.79 Å². The number of aliphatic carboxylic acids is 1. The summed E-state index contributed by atoms with van der Waals surface area (Å²) < 4.78 is 0. The van der Waals surface area contributed by atoms with Crippen molar-refractivity contribution in [2.24, 2.45) is 17.4 Å². The molecule has 36 heavy (non-hydrogen) atoms. The van der Waals surface area contributed by atoms with Gasteiger partial charge < -0.3 is 42.7 Å². The summed E-state index contributed by atoms with van der Waals surface area (Å²) in [6.45, 7) is 2.56. The van der Waals surface area contributed by atoms with Crippen LogP contribution in [0.4, 0.5) is 0 Å². The average Bonchev–Trinajstić information content (AvgIpc) is 2.83. The van der Waals surface area contributed by atoms with Gasteiger partial charge in [0.05, 0.1) is 12.6 Å². The Labute approximate surface area is 208 Å². The lowest BCUT2D eigenvalue weighted by Gasteiger charge is -2.26. The van der Waals surface area contributed by atoms with Crippen molar-refractivity contribution in [2.75, 3.05) is 6.61 Å². The number of carbonyl (C=O) groups excluding carboxylic acids is 4. The van der Waals surface area contributed by atoms with E-state index in [0.29, 0.717) is 12.0 Å². The Morgan fingerprint density at radius 3 is 2.00 bits per heavy atom. The Balaban J connectivity index is 2.89. The number of carboxylic acids is 1. The van der Waals surface area contributed by atoms with Crippen LogP contribution in [0.2, 0.25) is 0 Å². The van der Waals surface area contributed by atoms with E-state index in [0.717, 1.165) is 0 Å². The summed E-state index contributed by atoms with van der Waals surface area (Å²) in [5.41, 5.74) is 11.7. The molecule has 0 radical (unpaired) electrons. The van der Waals surface area contributed by atoms with E-state index < -0.39 is 66.3 Å². The smallest absolute Gasteiger partial charge is 0.326 e. The highest BCUT2D eigenvalue weighted by Gasteiger charge is 2.32. The minimum absolute atomic E-state index is 0.0440. The lowest BCUT2D eigenvalue weighted by molar-refractivity contribution is -0.144. The van der Waals surface area contributed by atoms with Crippen LogP contribution >= 0.6 is 0 Å². The summed E-state index contributed by atoms with van der Waals surface area (Å²) in [6.07, 6.45) is 0.0274. The fourth-order valence-corrected chi connectivity index (χ4v) is 3.22. The third-order valence-corrected chi connectivity index (χ3v) is 5.63. The second-order valence-electron chi connectivity index (χ2n) is 8.50. The number of amides is 4. The number of aliphatic hydroxyl groups is 1. The van der Waals surface area contributed by atoms with Crippen molar-refractivity contribution in [3.05, 3.63) is 29.8 Å². The molecular formula is C23H35N5O8. The maximum Gasteiger partial charge on any atom is 0.326 e. The van der Waals surface area contributed by atoms with Crippen LogP contribution in [0.5, 0.6) is 5.75 Å². The lowest BCUT2D eigenvalue weighted by Crippen LogP contribution is -2.58. The van der Waals surface area contributed by atoms with Crippen LogP contribution in [0.15, 0.2) is 24.3 Å². The van der Waals surface area contributed by atoms with E-state index in [9.17, 15) is 39.3 Å². The number of rotatable bonds is 15. The van der Waals surface area contributed by atoms with E-state index in [-0.39, 0.29) is 25.0 Å². The lowest BCUT2D eigenvalue weighted by atomic mass is 9.98. The van der Waals surface area contributed by atoms with Gasteiger partial charge in [0.2, 0.25) is 23.6 Å². The van der Waals surface area contributed by atoms with E-state index in [2.05, 4.69) is 16.0 Å². The van der Waals surface area contributed by atoms with Gasteiger partial charge in [-0.1, -0.05) is 32.4 Å². The number of phenolic OH excluding ortho intramolecular Hbond substituents is 1. The number of hydrogen-bond donors (Lipinski definition) is 8. The zero-order valence-corrected chi connectivity index (χ0v) is 20.3. The van der Waals surface area contributed by atoms with Gasteiger partial charge in [-0.15, -0.1) is 0 Å². The Morgan fingerprint density at radius 1 is 0.944 bits per heavy atom. The van der Waals surface area contributed by atoms with Gasteiger partial charge in [-0.05, 0) is 36.5 Å². The molecule has 0 heterocycles. The summed E-state index contributed by atoms with van der Waals surface area (Å²) in [4.78, 5) is 60.8. The molecule has 200 valence electrons. The van der Waals surface area contributed by atoms with Crippen molar-refractivity contribution in [1.29, 1.82) is 0 Å². The largest absolute Gasteiger partial charge is 0.508 e. The molecular weight excluding hydrogens is 474 g/mol. The Morgan fingerprint density at radius 2 is 1.50 bits per heavy atom. The maximum atomic E-state index is 12.8. The van der Waals surface area contributed by atoms with Gasteiger partial charge in [0, 0.05) is 6.42 Å². The molecule has 0 bridgehead atoms. The number of carbonyl (C=O) groups is 5. The topological polar surface area (TPSA) is 234 Å². The van der Waals surface area contributed by atoms with Gasteiger partial charge in [0.15, 0.2) is 0 Å². The van der Waals surface area contributed by atoms with E-state index in [1.54, 1.807) is 26.0 Å². The van der Waals surface area contributed by atoms with Crippen molar-refractivity contribution < 1.29 is 39.3 Å². The van der Waals surface area contributed by atoms with Gasteiger partial charge in [-0.3, -0.25) is 19.2 Å². The minimum atomic E-state index is -1.47. The SMILES string of the molecule is CCC(C)C(NC(=O)C(CCC(N)=O)NC(=O)C(CO)NC(=O)C(N)Cc1ccc(O)cc1)C(=O)O. The first-order valence-corrected chi connectivity index (χ1v) is 11.5. The average molecular weight is 510 g/mol. The van der Waals surface area contributed by atoms with Gasteiger partial charge in [-0.2, -0.15) is 0 Å². The number of carboxylic acid groups (broad SMARTS) is 1. The molecule has 13 heteroatoms. The number of aliphatic hydroxyl groups excluding tert-OH is 1. The second-order valence-corrected chi connectivity index (χ2v) is 8.50. The zero-order chi connectivity index (χ0) is 27.4. The molecule has 10 N–H and O–H groups in total. The first kappa shape index (κ1) is 30.3. The predicted molar refractivity (Wildman–Crippen MR) is 128 cm³/mol. The summed E-state index contributed by atoms with van der Waals surface area (Å²) in [7, 11) is 0. The van der Waals surface area contributed by atoms with Crippen molar-refractivity contribution in [2.45, 2.75) is 63.7 Å². The Hall–Kier alpha value is -3.71. The monoisotopic (exact) mass is 509 g/mol. The standard InChI is InChI=1S/C23H35N5O8/c1-3-12(2)19(23(35)36)28-21(33)16(8-9-18(25)31)26-22(34)17(11-29)27-20(32)15(24)10-13-4-6-14(30)7-5-13/h4-7,12,15-17,19,29-30H,3,8-11,24H2,1-2H3,(H2,25,31)(H,26,34)(H,27,32)(H,28,33)(H,35,36). The molecule has 1 aromatic rings. The highest BCUT2D eigenvalue weighted by molar-refractivity contribution is 5.94. The van der Waals surface area contributed by atoms with Gasteiger partial charge in [0.25, 0.3) is 0 Å². The molecule has 5 atom stereocenters. The Kier molecular flexibility index (Phi) is 12.3. The van der Waals surface area contributed by atoms with Crippen molar-refractivity contribution >= 4 is 29.6 Å². The van der Waals surface area contributed by atoms with E-state index >= 15 is 0 Å². The number of phenols is 1. The van der Waals surface area contributed by atoms with E-state index in [1.807, 2.05) is 0 Å². The molecule has 0 aromatic heterocycles. The zero-order valence-electron chi connectivity index (χ0n) is 20.3. The molecule has 1 aromatic carbocycles. The normalized spacial score (nSPS) is 15.0. The fourth-order valence-electron chi connectivity index (χ4n) is 3.22. The maximum absolute atomic E-state index is 12.8. The summed E-state index contributed by atoms with van der Waals surface area (Å²) >= 11 is 0. The van der Waals surface area contributed by atoms with E-state index in [4.69, 9.17) is 11.5 Å². The molecule has 0 aliphatic heterocycles. The fraction of sp³-hybridized carbons (Fsp3) is 0.522. The first-order valence-electron chi connectivity index (χ1n) is 11.5. The molecule has 0 saturated carbocycles. The third-order valence-electron chi connectivity index (χ3n) is 5.63. The molecule has 1 rings (SSSR count). The number of nitrogens with one attached hydrogen (secondary N) is 3. The number of primary amides is 1. The molecule has 0 aliphatic rings. The summed E-state index contributed by atoms with van der Waals surface area (Å²) in [5.74, 6) is -4.93. The number of hydrogen-bond acceptors (Lipinski definition) is 8. The van der Waals surface area contributed by atoms with Crippen molar-refractivity contribution in [3.8, 4) is 5.75 Å². The van der Waals surface area contributed by atoms with Crippen LogP contribution in [0.1, 0.15) is 38.7 Å². The summed E-state index contributed by atoms with van der Waals surface area (Å²) in [5, 5.41) is 35.4. The molecule has 0 spiro atoms. The predicted octanol–water partition coefficient (Wildman–Crippen LogP) is -1.90. The molecule has 4 amide bonds. The minimum Gasteiger partial charge on any atom is -0.508 e. The van der Waals surface area contributed by atoms with Crippen LogP contribution in [-0.2, 0) is 30.4 Å².